The monoisotopic (exact) mass is 360 g/mol. The van der Waals surface area contributed by atoms with Crippen LogP contribution >= 0.6 is 0 Å². The van der Waals surface area contributed by atoms with Gasteiger partial charge in [0.1, 0.15) is 11.6 Å². The SMILES string of the molecule is Cc1ccc(N/C=C(/C#N)C(=O)N2CCN(Cc3ccccc3)CC2)cc1. The summed E-state index contributed by atoms with van der Waals surface area (Å²) in [6, 6.07) is 20.2. The zero-order valence-electron chi connectivity index (χ0n) is 15.6. The summed E-state index contributed by atoms with van der Waals surface area (Å²) in [5.41, 5.74) is 3.42. The molecule has 1 aliphatic heterocycles. The molecule has 0 saturated carbocycles. The maximum Gasteiger partial charge on any atom is 0.266 e. The standard InChI is InChI=1S/C22H24N4O/c1-18-7-9-21(10-8-18)24-16-20(15-23)22(27)26-13-11-25(12-14-26)17-19-5-3-2-4-6-19/h2-10,16,24H,11-14,17H2,1H3/b20-16-. The number of benzene rings is 2. The Kier molecular flexibility index (Phi) is 6.24. The van der Waals surface area contributed by atoms with Gasteiger partial charge in [0.2, 0.25) is 0 Å². The molecule has 1 saturated heterocycles. The van der Waals surface area contributed by atoms with Crippen LogP contribution in [0.2, 0.25) is 0 Å². The number of piperazine rings is 1. The minimum absolute atomic E-state index is 0.132. The van der Waals surface area contributed by atoms with Crippen molar-refractivity contribution in [2.45, 2.75) is 13.5 Å². The van der Waals surface area contributed by atoms with Crippen molar-refractivity contribution in [1.29, 1.82) is 5.26 Å². The van der Waals surface area contributed by atoms with Crippen molar-refractivity contribution in [1.82, 2.24) is 9.80 Å². The molecule has 1 heterocycles. The van der Waals surface area contributed by atoms with Crippen LogP contribution < -0.4 is 5.32 Å². The number of hydrogen-bond donors (Lipinski definition) is 1. The normalized spacial score (nSPS) is 15.3. The van der Waals surface area contributed by atoms with Crippen LogP contribution in [0.1, 0.15) is 11.1 Å². The minimum atomic E-state index is -0.212. The van der Waals surface area contributed by atoms with E-state index < -0.39 is 0 Å². The van der Waals surface area contributed by atoms with Gasteiger partial charge in [-0.05, 0) is 24.6 Å². The van der Waals surface area contributed by atoms with E-state index in [2.05, 4.69) is 22.3 Å². The lowest BCUT2D eigenvalue weighted by Gasteiger charge is -2.34. The molecule has 138 valence electrons. The second-order valence-electron chi connectivity index (χ2n) is 6.73. The first-order valence-corrected chi connectivity index (χ1v) is 9.15. The van der Waals surface area contributed by atoms with Crippen LogP contribution in [0.5, 0.6) is 0 Å². The topological polar surface area (TPSA) is 59.4 Å². The number of anilines is 1. The van der Waals surface area contributed by atoms with Gasteiger partial charge in [-0.2, -0.15) is 5.26 Å². The molecule has 1 fully saturated rings. The Hall–Kier alpha value is -3.10. The van der Waals surface area contributed by atoms with Crippen molar-refractivity contribution in [3.05, 3.63) is 77.5 Å². The Morgan fingerprint density at radius 2 is 1.74 bits per heavy atom. The summed E-state index contributed by atoms with van der Waals surface area (Å²) in [6.07, 6.45) is 1.50. The van der Waals surface area contributed by atoms with Crippen LogP contribution in [0.3, 0.4) is 0 Å². The number of rotatable bonds is 5. The van der Waals surface area contributed by atoms with Gasteiger partial charge in [0.05, 0.1) is 0 Å². The Bertz CT molecular complexity index is 829. The molecule has 0 spiro atoms. The van der Waals surface area contributed by atoms with Gasteiger partial charge in [-0.25, -0.2) is 0 Å². The first-order valence-electron chi connectivity index (χ1n) is 9.15. The van der Waals surface area contributed by atoms with E-state index in [-0.39, 0.29) is 11.5 Å². The van der Waals surface area contributed by atoms with Crippen molar-refractivity contribution < 1.29 is 4.79 Å². The predicted octanol–water partition coefficient (Wildman–Crippen LogP) is 3.16. The van der Waals surface area contributed by atoms with Gasteiger partial charge in [0.25, 0.3) is 5.91 Å². The van der Waals surface area contributed by atoms with Crippen LogP contribution in [0, 0.1) is 18.3 Å². The number of amides is 1. The van der Waals surface area contributed by atoms with Gasteiger partial charge >= 0.3 is 0 Å². The second kappa shape index (κ2) is 9.02. The number of carbonyl (C=O) groups is 1. The molecule has 2 aromatic carbocycles. The van der Waals surface area contributed by atoms with Crippen molar-refractivity contribution in [3.63, 3.8) is 0 Å². The molecule has 5 nitrogen and oxygen atoms in total. The Labute approximate surface area is 160 Å². The van der Waals surface area contributed by atoms with Crippen molar-refractivity contribution in [2.24, 2.45) is 0 Å². The summed E-state index contributed by atoms with van der Waals surface area (Å²) in [6.45, 7) is 5.79. The maximum atomic E-state index is 12.6. The molecule has 0 radical (unpaired) electrons. The molecule has 5 heteroatoms. The highest BCUT2D eigenvalue weighted by atomic mass is 16.2. The van der Waals surface area contributed by atoms with Gasteiger partial charge in [-0.1, -0.05) is 48.0 Å². The largest absolute Gasteiger partial charge is 0.360 e. The molecular formula is C22H24N4O. The van der Waals surface area contributed by atoms with Gasteiger partial charge < -0.3 is 10.2 Å². The summed E-state index contributed by atoms with van der Waals surface area (Å²) in [7, 11) is 0. The molecule has 27 heavy (non-hydrogen) atoms. The number of aryl methyl sites for hydroxylation is 1. The van der Waals surface area contributed by atoms with Crippen LogP contribution in [-0.2, 0) is 11.3 Å². The molecule has 2 aromatic rings. The highest BCUT2D eigenvalue weighted by Crippen LogP contribution is 2.12. The van der Waals surface area contributed by atoms with E-state index in [1.165, 1.54) is 11.8 Å². The Balaban J connectivity index is 1.54. The fourth-order valence-corrected chi connectivity index (χ4v) is 3.07. The van der Waals surface area contributed by atoms with E-state index in [1.807, 2.05) is 55.5 Å². The molecule has 1 aliphatic rings. The zero-order valence-corrected chi connectivity index (χ0v) is 15.6. The number of nitrogens with zero attached hydrogens (tertiary/aromatic N) is 3. The fourth-order valence-electron chi connectivity index (χ4n) is 3.07. The third-order valence-electron chi connectivity index (χ3n) is 4.69. The first kappa shape index (κ1) is 18.7. The lowest BCUT2D eigenvalue weighted by Crippen LogP contribution is -2.48. The van der Waals surface area contributed by atoms with Crippen LogP contribution in [-0.4, -0.2) is 41.9 Å². The molecule has 3 rings (SSSR count). The quantitative estimate of drug-likeness (QED) is 0.657. The van der Waals surface area contributed by atoms with Crippen molar-refractivity contribution in [3.8, 4) is 6.07 Å². The van der Waals surface area contributed by atoms with E-state index in [0.717, 1.165) is 30.9 Å². The number of nitriles is 1. The lowest BCUT2D eigenvalue weighted by atomic mass is 10.2. The predicted molar refractivity (Wildman–Crippen MR) is 107 cm³/mol. The molecule has 0 aliphatic carbocycles. The zero-order chi connectivity index (χ0) is 19.1. The average molecular weight is 360 g/mol. The highest BCUT2D eigenvalue weighted by molar-refractivity contribution is 5.97. The number of nitrogens with one attached hydrogen (secondary N) is 1. The molecule has 0 unspecified atom stereocenters. The van der Waals surface area contributed by atoms with Gasteiger partial charge in [0, 0.05) is 44.6 Å². The van der Waals surface area contributed by atoms with E-state index >= 15 is 0 Å². The summed E-state index contributed by atoms with van der Waals surface area (Å²) in [5.74, 6) is -0.212. The highest BCUT2D eigenvalue weighted by Gasteiger charge is 2.23. The first-order chi connectivity index (χ1) is 13.2. The third kappa shape index (κ3) is 5.19. The molecular weight excluding hydrogens is 336 g/mol. The Morgan fingerprint density at radius 3 is 2.37 bits per heavy atom. The molecule has 0 aromatic heterocycles. The van der Waals surface area contributed by atoms with E-state index in [1.54, 1.807) is 4.90 Å². The van der Waals surface area contributed by atoms with Crippen molar-refractivity contribution in [2.75, 3.05) is 31.5 Å². The Morgan fingerprint density at radius 1 is 1.07 bits per heavy atom. The van der Waals surface area contributed by atoms with E-state index in [0.29, 0.717) is 13.1 Å². The summed E-state index contributed by atoms with van der Waals surface area (Å²) in [4.78, 5) is 16.7. The molecule has 0 bridgehead atoms. The molecule has 1 amide bonds. The average Bonchev–Trinajstić information content (AvgIpc) is 2.71. The number of carbonyl (C=O) groups excluding carboxylic acids is 1. The van der Waals surface area contributed by atoms with E-state index in [9.17, 15) is 10.1 Å². The van der Waals surface area contributed by atoms with Gasteiger partial charge in [-0.15, -0.1) is 0 Å². The summed E-state index contributed by atoms with van der Waals surface area (Å²) in [5, 5.41) is 12.4. The maximum absolute atomic E-state index is 12.6. The lowest BCUT2D eigenvalue weighted by molar-refractivity contribution is -0.128. The fraction of sp³-hybridized carbons (Fsp3) is 0.273. The number of hydrogen-bond acceptors (Lipinski definition) is 4. The van der Waals surface area contributed by atoms with Crippen LogP contribution in [0.25, 0.3) is 0 Å². The molecule has 1 N–H and O–H groups in total. The molecule has 0 atom stereocenters. The third-order valence-corrected chi connectivity index (χ3v) is 4.69. The smallest absolute Gasteiger partial charge is 0.266 e. The van der Waals surface area contributed by atoms with Gasteiger partial charge in [0.15, 0.2) is 0 Å². The minimum Gasteiger partial charge on any atom is -0.360 e. The van der Waals surface area contributed by atoms with E-state index in [4.69, 9.17) is 0 Å². The summed E-state index contributed by atoms with van der Waals surface area (Å²) < 4.78 is 0. The van der Waals surface area contributed by atoms with Crippen molar-refractivity contribution >= 4 is 11.6 Å². The van der Waals surface area contributed by atoms with Crippen LogP contribution in [0.15, 0.2) is 66.4 Å². The summed E-state index contributed by atoms with van der Waals surface area (Å²) >= 11 is 0. The van der Waals surface area contributed by atoms with Gasteiger partial charge in [-0.3, -0.25) is 9.69 Å². The van der Waals surface area contributed by atoms with Crippen LogP contribution in [0.4, 0.5) is 5.69 Å². The second-order valence-corrected chi connectivity index (χ2v) is 6.73.